The van der Waals surface area contributed by atoms with E-state index < -0.39 is 12.1 Å². The normalized spacial score (nSPS) is 13.7. The van der Waals surface area contributed by atoms with Crippen molar-refractivity contribution in [2.45, 2.75) is 206 Å². The number of carbonyl (C=O) groups excluding carboxylic acids is 1. The van der Waals surface area contributed by atoms with Crippen molar-refractivity contribution in [1.82, 2.24) is 5.32 Å². The average molecular weight is 670 g/mol. The third-order valence-corrected chi connectivity index (χ3v) is 9.01. The quantitative estimate of drug-likeness (QED) is 0.0459. The lowest BCUT2D eigenvalue weighted by atomic mass is 10.0. The lowest BCUT2D eigenvalue weighted by molar-refractivity contribution is -0.123. The topological polar surface area (TPSA) is 69.6 Å². The van der Waals surface area contributed by atoms with E-state index in [9.17, 15) is 15.0 Å². The molecule has 0 bridgehead atoms. The Morgan fingerprint density at radius 3 is 1.38 bits per heavy atom. The SMILES string of the molecule is CC/C=C\C/C=C\C/C=C\C/C=C\CCCCCCC(=O)NC(CO)C(O)/C=C/CCCCCCCCCCCCCCCCCCC. The zero-order valence-electron chi connectivity index (χ0n) is 31.7. The Kier molecular flexibility index (Phi) is 38.0. The molecule has 2 atom stereocenters. The molecule has 4 nitrogen and oxygen atoms in total. The van der Waals surface area contributed by atoms with E-state index in [1.54, 1.807) is 6.08 Å². The Morgan fingerprint density at radius 2 is 0.917 bits per heavy atom. The van der Waals surface area contributed by atoms with Crippen molar-refractivity contribution in [1.29, 1.82) is 0 Å². The van der Waals surface area contributed by atoms with E-state index in [0.29, 0.717) is 6.42 Å². The predicted octanol–water partition coefficient (Wildman–Crippen LogP) is 12.6. The molecular formula is C44H79NO3. The van der Waals surface area contributed by atoms with E-state index in [2.05, 4.69) is 67.8 Å². The van der Waals surface area contributed by atoms with Crippen LogP contribution < -0.4 is 5.32 Å². The average Bonchev–Trinajstić information content (AvgIpc) is 3.09. The summed E-state index contributed by atoms with van der Waals surface area (Å²) in [6.07, 6.45) is 54.6. The van der Waals surface area contributed by atoms with Gasteiger partial charge in [0.05, 0.1) is 18.8 Å². The maximum atomic E-state index is 12.3. The number of aliphatic hydroxyl groups excluding tert-OH is 2. The van der Waals surface area contributed by atoms with Crippen molar-refractivity contribution in [3.05, 3.63) is 60.8 Å². The van der Waals surface area contributed by atoms with E-state index in [1.807, 2.05) is 6.08 Å². The number of rotatable bonds is 36. The molecule has 2 unspecified atom stereocenters. The smallest absolute Gasteiger partial charge is 0.220 e. The molecule has 0 aliphatic heterocycles. The number of nitrogens with one attached hydrogen (secondary N) is 1. The minimum atomic E-state index is -0.851. The third kappa shape index (κ3) is 35.4. The molecule has 0 aliphatic rings. The van der Waals surface area contributed by atoms with Gasteiger partial charge in [-0.15, -0.1) is 0 Å². The van der Waals surface area contributed by atoms with Crippen LogP contribution in [0.3, 0.4) is 0 Å². The molecular weight excluding hydrogens is 590 g/mol. The lowest BCUT2D eigenvalue weighted by Crippen LogP contribution is -2.45. The van der Waals surface area contributed by atoms with Crippen molar-refractivity contribution in [3.8, 4) is 0 Å². The Balaban J connectivity index is 3.65. The molecule has 0 aromatic carbocycles. The number of aliphatic hydroxyl groups is 2. The lowest BCUT2D eigenvalue weighted by Gasteiger charge is -2.20. The molecule has 0 spiro atoms. The van der Waals surface area contributed by atoms with Gasteiger partial charge in [-0.25, -0.2) is 0 Å². The van der Waals surface area contributed by atoms with Gasteiger partial charge in [0.1, 0.15) is 0 Å². The molecule has 4 heteroatoms. The van der Waals surface area contributed by atoms with Gasteiger partial charge in [0, 0.05) is 6.42 Å². The molecule has 48 heavy (non-hydrogen) atoms. The zero-order valence-corrected chi connectivity index (χ0v) is 31.7. The summed E-state index contributed by atoms with van der Waals surface area (Å²) in [6, 6.07) is -0.637. The van der Waals surface area contributed by atoms with Crippen LogP contribution in [-0.2, 0) is 4.79 Å². The highest BCUT2D eigenvalue weighted by atomic mass is 16.3. The second kappa shape index (κ2) is 39.5. The van der Waals surface area contributed by atoms with E-state index in [1.165, 1.54) is 103 Å². The van der Waals surface area contributed by atoms with E-state index in [4.69, 9.17) is 0 Å². The fourth-order valence-corrected chi connectivity index (χ4v) is 5.87. The molecule has 0 aromatic heterocycles. The predicted molar refractivity (Wildman–Crippen MR) is 211 cm³/mol. The molecule has 3 N–H and O–H groups in total. The van der Waals surface area contributed by atoms with Crippen LogP contribution in [0.4, 0.5) is 0 Å². The van der Waals surface area contributed by atoms with Crippen LogP contribution in [0.1, 0.15) is 194 Å². The molecule has 1 amide bonds. The first-order valence-electron chi connectivity index (χ1n) is 20.5. The Morgan fingerprint density at radius 1 is 0.521 bits per heavy atom. The highest BCUT2D eigenvalue weighted by Gasteiger charge is 2.17. The Labute approximate surface area is 298 Å². The molecule has 0 aliphatic carbocycles. The van der Waals surface area contributed by atoms with Crippen LogP contribution in [0.2, 0.25) is 0 Å². The van der Waals surface area contributed by atoms with Gasteiger partial charge in [-0.05, 0) is 57.8 Å². The van der Waals surface area contributed by atoms with E-state index >= 15 is 0 Å². The van der Waals surface area contributed by atoms with Gasteiger partial charge in [-0.3, -0.25) is 4.79 Å². The van der Waals surface area contributed by atoms with Crippen LogP contribution in [0.5, 0.6) is 0 Å². The second-order valence-electron chi connectivity index (χ2n) is 13.7. The van der Waals surface area contributed by atoms with Gasteiger partial charge in [0.15, 0.2) is 0 Å². The van der Waals surface area contributed by atoms with Gasteiger partial charge in [-0.2, -0.15) is 0 Å². The van der Waals surface area contributed by atoms with Crippen LogP contribution in [-0.4, -0.2) is 34.9 Å². The maximum absolute atomic E-state index is 12.3. The summed E-state index contributed by atoms with van der Waals surface area (Å²) in [5.41, 5.74) is 0. The van der Waals surface area contributed by atoms with Crippen molar-refractivity contribution >= 4 is 5.91 Å². The summed E-state index contributed by atoms with van der Waals surface area (Å²) in [5, 5.41) is 23.0. The summed E-state index contributed by atoms with van der Waals surface area (Å²) < 4.78 is 0. The van der Waals surface area contributed by atoms with Crippen LogP contribution >= 0.6 is 0 Å². The number of hydrogen-bond acceptors (Lipinski definition) is 3. The fraction of sp³-hybridized carbons (Fsp3) is 0.750. The first kappa shape index (κ1) is 46.1. The van der Waals surface area contributed by atoms with Gasteiger partial charge >= 0.3 is 0 Å². The van der Waals surface area contributed by atoms with E-state index in [0.717, 1.165) is 70.6 Å². The summed E-state index contributed by atoms with van der Waals surface area (Å²) in [4.78, 5) is 12.3. The largest absolute Gasteiger partial charge is 0.394 e. The molecule has 0 radical (unpaired) electrons. The monoisotopic (exact) mass is 670 g/mol. The van der Waals surface area contributed by atoms with Crippen LogP contribution in [0.15, 0.2) is 60.8 Å². The second-order valence-corrected chi connectivity index (χ2v) is 13.7. The van der Waals surface area contributed by atoms with Gasteiger partial charge in [0.25, 0.3) is 0 Å². The highest BCUT2D eigenvalue weighted by molar-refractivity contribution is 5.76. The molecule has 0 rings (SSSR count). The molecule has 0 heterocycles. The molecule has 0 saturated carbocycles. The summed E-state index contributed by atoms with van der Waals surface area (Å²) >= 11 is 0. The van der Waals surface area contributed by atoms with Gasteiger partial charge < -0.3 is 15.5 Å². The first-order chi connectivity index (χ1) is 23.7. The van der Waals surface area contributed by atoms with Gasteiger partial charge in [0.2, 0.25) is 5.91 Å². The maximum Gasteiger partial charge on any atom is 0.220 e. The minimum Gasteiger partial charge on any atom is -0.394 e. The number of amides is 1. The van der Waals surface area contributed by atoms with Crippen molar-refractivity contribution in [3.63, 3.8) is 0 Å². The number of carbonyl (C=O) groups is 1. The summed E-state index contributed by atoms with van der Waals surface area (Å²) in [6.45, 7) is 4.18. The molecule has 278 valence electrons. The third-order valence-electron chi connectivity index (χ3n) is 9.01. The first-order valence-corrected chi connectivity index (χ1v) is 20.5. The van der Waals surface area contributed by atoms with Crippen LogP contribution in [0.25, 0.3) is 0 Å². The zero-order chi connectivity index (χ0) is 35.0. The highest BCUT2D eigenvalue weighted by Crippen LogP contribution is 2.15. The number of allylic oxidation sites excluding steroid dienone is 9. The van der Waals surface area contributed by atoms with Crippen molar-refractivity contribution < 1.29 is 15.0 Å². The fourth-order valence-electron chi connectivity index (χ4n) is 5.87. The Bertz CT molecular complexity index is 812. The van der Waals surface area contributed by atoms with Crippen molar-refractivity contribution in [2.75, 3.05) is 6.61 Å². The molecule has 0 fully saturated rings. The van der Waals surface area contributed by atoms with Crippen molar-refractivity contribution in [2.24, 2.45) is 0 Å². The van der Waals surface area contributed by atoms with Crippen LogP contribution in [0, 0.1) is 0 Å². The summed E-state index contributed by atoms with van der Waals surface area (Å²) in [5.74, 6) is -0.0892. The number of hydrogen-bond donors (Lipinski definition) is 3. The minimum absolute atomic E-state index is 0.0892. The molecule has 0 aromatic rings. The van der Waals surface area contributed by atoms with Gasteiger partial charge in [-0.1, -0.05) is 190 Å². The van der Waals surface area contributed by atoms with E-state index in [-0.39, 0.29) is 12.5 Å². The standard InChI is InChI=1S/C44H79NO3/c1-3-5-7-9-11-13-15-17-19-21-22-24-25-27-29-31-33-35-37-39-43(47)42(41-46)45-44(48)40-38-36-34-32-30-28-26-23-20-18-16-14-12-10-8-6-4-2/h6,8,12,14,18,20,26,28,37,39,42-43,46-47H,3-5,7,9-11,13,15-17,19,21-25,27,29-36,38,40-41H2,1-2H3,(H,45,48)/b8-6-,14-12-,20-18-,28-26-,39-37+. The summed E-state index contributed by atoms with van der Waals surface area (Å²) in [7, 11) is 0. The number of unbranched alkanes of at least 4 members (excludes halogenated alkanes) is 21. The Hall–Kier alpha value is -1.91. The molecule has 0 saturated heterocycles.